The molecule has 0 spiro atoms. The van der Waals surface area contributed by atoms with E-state index in [0.717, 1.165) is 34.7 Å². The molecule has 3 aromatic rings. The summed E-state index contributed by atoms with van der Waals surface area (Å²) in [7, 11) is -3.14. The van der Waals surface area contributed by atoms with Crippen molar-refractivity contribution in [3.8, 4) is 0 Å². The summed E-state index contributed by atoms with van der Waals surface area (Å²) in [5.41, 5.74) is 2.62. The number of nitrogens with one attached hydrogen (secondary N) is 3. The maximum Gasteiger partial charge on any atom is 0.407 e. The number of alkyl carbamates (subject to hydrolysis) is 1. The molecule has 1 aliphatic rings. The second kappa shape index (κ2) is 11.7. The van der Waals surface area contributed by atoms with Gasteiger partial charge < -0.3 is 15.4 Å². The van der Waals surface area contributed by atoms with E-state index in [2.05, 4.69) is 10.6 Å². The Morgan fingerprint density at radius 2 is 1.73 bits per heavy atom. The maximum absolute atomic E-state index is 13.4. The van der Waals surface area contributed by atoms with Crippen LogP contribution in [0.15, 0.2) is 60.0 Å². The predicted octanol–water partition coefficient (Wildman–Crippen LogP) is 3.60. The molecule has 2 atom stereocenters. The number of ether oxygens (including phenoxy) is 1. The Morgan fingerprint density at radius 3 is 2.35 bits per heavy atom. The molecule has 1 aliphatic carbocycles. The van der Waals surface area contributed by atoms with E-state index >= 15 is 0 Å². The molecule has 2 amide bonds. The second-order valence-electron chi connectivity index (χ2n) is 8.80. The number of carbonyl (C=O) groups is 2. The molecule has 37 heavy (non-hydrogen) atoms. The molecule has 10 nitrogen and oxygen atoms in total. The van der Waals surface area contributed by atoms with Crippen molar-refractivity contribution < 1.29 is 27.3 Å². The van der Waals surface area contributed by atoms with Crippen molar-refractivity contribution in [2.24, 2.45) is 0 Å². The van der Waals surface area contributed by atoms with E-state index in [1.54, 1.807) is 23.5 Å². The average molecular weight is 545 g/mol. The minimum Gasteiger partial charge on any atom is -0.453 e. The van der Waals surface area contributed by atoms with Crippen LogP contribution < -0.4 is 15.4 Å². The molecule has 0 saturated heterocycles. The number of anilines is 1. The third-order valence-electron chi connectivity index (χ3n) is 5.86. The van der Waals surface area contributed by atoms with E-state index in [0.29, 0.717) is 12.3 Å². The molecule has 12 heteroatoms. The summed E-state index contributed by atoms with van der Waals surface area (Å²) in [6.45, 7) is 0. The lowest BCUT2D eigenvalue weighted by atomic mass is 10.0. The van der Waals surface area contributed by atoms with Gasteiger partial charge in [-0.1, -0.05) is 42.5 Å². The number of thiazole rings is 1. The van der Waals surface area contributed by atoms with Crippen LogP contribution in [-0.2, 0) is 32.7 Å². The Labute approximate surface area is 219 Å². The first-order valence-electron chi connectivity index (χ1n) is 11.7. The molecule has 1 heterocycles. The number of aromatic nitrogens is 1. The summed E-state index contributed by atoms with van der Waals surface area (Å²) in [5.74, 6) is 0.0811. The highest BCUT2D eigenvalue weighted by Crippen LogP contribution is 2.42. The molecule has 1 aromatic heterocycles. The van der Waals surface area contributed by atoms with Gasteiger partial charge in [0.15, 0.2) is 0 Å². The summed E-state index contributed by atoms with van der Waals surface area (Å²) in [6.07, 6.45) is 2.15. The van der Waals surface area contributed by atoms with Crippen LogP contribution >= 0.6 is 11.3 Å². The first-order chi connectivity index (χ1) is 17.7. The average Bonchev–Trinajstić information content (AvgIpc) is 3.60. The largest absolute Gasteiger partial charge is 0.453 e. The second-order valence-corrected chi connectivity index (χ2v) is 10.8. The summed E-state index contributed by atoms with van der Waals surface area (Å²) in [5, 5.41) is 8.63. The molecule has 4 rings (SSSR count). The van der Waals surface area contributed by atoms with Gasteiger partial charge in [-0.15, -0.1) is 11.3 Å². The first kappa shape index (κ1) is 26.6. The molecule has 0 radical (unpaired) electrons. The SMILES string of the molecule is COC(=O)NC(Cc1ccccc1)C(=O)NC(Cc1ccc(NS(=O)(=O)O)cc1)c1csc(C2CC2)n1. The normalized spacial score (nSPS) is 14.9. The van der Waals surface area contributed by atoms with Crippen molar-refractivity contribution in [3.05, 3.63) is 81.8 Å². The first-order valence-corrected chi connectivity index (χ1v) is 14.0. The maximum atomic E-state index is 13.4. The molecular formula is C25H28N4O6S2. The van der Waals surface area contributed by atoms with Gasteiger partial charge in [0.2, 0.25) is 5.91 Å². The van der Waals surface area contributed by atoms with Gasteiger partial charge in [-0.05, 0) is 42.5 Å². The van der Waals surface area contributed by atoms with Gasteiger partial charge in [-0.3, -0.25) is 14.1 Å². The zero-order valence-corrected chi connectivity index (χ0v) is 21.7. The lowest BCUT2D eigenvalue weighted by Gasteiger charge is -2.23. The Balaban J connectivity index is 1.55. The van der Waals surface area contributed by atoms with Crippen molar-refractivity contribution in [3.63, 3.8) is 0 Å². The van der Waals surface area contributed by atoms with Gasteiger partial charge in [0.1, 0.15) is 6.04 Å². The smallest absolute Gasteiger partial charge is 0.407 e. The number of amides is 2. The Bertz CT molecular complexity index is 1320. The van der Waals surface area contributed by atoms with E-state index < -0.39 is 28.5 Å². The molecule has 2 unspecified atom stereocenters. The Kier molecular flexibility index (Phi) is 8.41. The van der Waals surface area contributed by atoms with Gasteiger partial charge >= 0.3 is 16.4 Å². The van der Waals surface area contributed by atoms with Crippen LogP contribution in [0.2, 0.25) is 0 Å². The van der Waals surface area contributed by atoms with Crippen LogP contribution in [0.4, 0.5) is 10.5 Å². The number of benzene rings is 2. The zero-order valence-electron chi connectivity index (χ0n) is 20.1. The third kappa shape index (κ3) is 8.00. The minimum atomic E-state index is -4.38. The van der Waals surface area contributed by atoms with Crippen LogP contribution in [0.25, 0.3) is 0 Å². The molecule has 196 valence electrons. The Morgan fingerprint density at radius 1 is 1.05 bits per heavy atom. The lowest BCUT2D eigenvalue weighted by molar-refractivity contribution is -0.123. The fourth-order valence-corrected chi connectivity index (χ4v) is 5.31. The molecular weight excluding hydrogens is 516 g/mol. The molecule has 1 fully saturated rings. The highest BCUT2D eigenvalue weighted by atomic mass is 32.2. The van der Waals surface area contributed by atoms with Crippen molar-refractivity contribution in [1.82, 2.24) is 15.6 Å². The fraction of sp³-hybridized carbons (Fsp3) is 0.320. The highest BCUT2D eigenvalue weighted by Gasteiger charge is 2.30. The predicted molar refractivity (Wildman–Crippen MR) is 140 cm³/mol. The third-order valence-corrected chi connectivity index (χ3v) is 7.38. The summed E-state index contributed by atoms with van der Waals surface area (Å²) in [4.78, 5) is 30.2. The van der Waals surface area contributed by atoms with E-state index in [4.69, 9.17) is 14.3 Å². The fourth-order valence-electron chi connectivity index (χ4n) is 3.83. The van der Waals surface area contributed by atoms with Crippen LogP contribution in [0.5, 0.6) is 0 Å². The van der Waals surface area contributed by atoms with Gasteiger partial charge in [0.25, 0.3) is 0 Å². The molecule has 4 N–H and O–H groups in total. The molecule has 0 bridgehead atoms. The Hall–Kier alpha value is -3.48. The summed E-state index contributed by atoms with van der Waals surface area (Å²) in [6, 6.07) is 14.4. The number of rotatable bonds is 11. The summed E-state index contributed by atoms with van der Waals surface area (Å²) < 4.78 is 37.9. The van der Waals surface area contributed by atoms with Crippen molar-refractivity contribution >= 4 is 39.3 Å². The standard InChI is InChI=1S/C25H28N4O6S2/c1-35-25(31)28-21(14-16-5-3-2-4-6-16)23(30)26-20(22-15-36-24(27-22)18-9-10-18)13-17-7-11-19(12-8-17)29-37(32,33)34/h2-8,11-12,15,18,20-21,29H,9-10,13-14H2,1H3,(H,26,30)(H,28,31)(H,32,33,34). The number of hydrogen-bond donors (Lipinski definition) is 4. The van der Waals surface area contributed by atoms with Crippen molar-refractivity contribution in [2.45, 2.75) is 43.7 Å². The van der Waals surface area contributed by atoms with E-state index in [9.17, 15) is 18.0 Å². The van der Waals surface area contributed by atoms with Crippen LogP contribution in [0, 0.1) is 0 Å². The van der Waals surface area contributed by atoms with Gasteiger partial charge in [0.05, 0.1) is 29.5 Å². The number of carbonyl (C=O) groups excluding carboxylic acids is 2. The highest BCUT2D eigenvalue weighted by molar-refractivity contribution is 7.87. The van der Waals surface area contributed by atoms with Crippen molar-refractivity contribution in [1.29, 1.82) is 0 Å². The minimum absolute atomic E-state index is 0.210. The topological polar surface area (TPSA) is 147 Å². The van der Waals surface area contributed by atoms with Crippen LogP contribution in [0.1, 0.15) is 46.6 Å². The van der Waals surface area contributed by atoms with Crippen molar-refractivity contribution in [2.75, 3.05) is 11.8 Å². The van der Waals surface area contributed by atoms with E-state index in [1.807, 2.05) is 40.4 Å². The van der Waals surface area contributed by atoms with Gasteiger partial charge in [-0.2, -0.15) is 8.42 Å². The van der Waals surface area contributed by atoms with Gasteiger partial charge in [0, 0.05) is 17.7 Å². The van der Waals surface area contributed by atoms with Crippen LogP contribution in [-0.4, -0.2) is 43.1 Å². The summed E-state index contributed by atoms with van der Waals surface area (Å²) >= 11 is 1.56. The number of nitrogens with zero attached hydrogens (tertiary/aromatic N) is 1. The molecule has 1 saturated carbocycles. The lowest BCUT2D eigenvalue weighted by Crippen LogP contribution is -2.49. The van der Waals surface area contributed by atoms with Crippen LogP contribution in [0.3, 0.4) is 0 Å². The molecule has 2 aromatic carbocycles. The quantitative estimate of drug-likeness (QED) is 0.270. The number of methoxy groups -OCH3 is 1. The number of hydrogen-bond acceptors (Lipinski definition) is 7. The zero-order chi connectivity index (χ0) is 26.4. The van der Waals surface area contributed by atoms with Gasteiger partial charge in [-0.25, -0.2) is 9.78 Å². The van der Waals surface area contributed by atoms with E-state index in [-0.39, 0.29) is 18.0 Å². The van der Waals surface area contributed by atoms with E-state index in [1.165, 1.54) is 19.2 Å². The monoisotopic (exact) mass is 544 g/mol. The molecule has 0 aliphatic heterocycles.